The van der Waals surface area contributed by atoms with Crippen LogP contribution in [0, 0.1) is 93.1 Å². The third-order valence-corrected chi connectivity index (χ3v) is 18.2. The fourth-order valence-corrected chi connectivity index (χ4v) is 13.0. The largest absolute Gasteiger partial charge is 0.354 e. The highest BCUT2D eigenvalue weighted by Crippen LogP contribution is 2.52. The van der Waals surface area contributed by atoms with Crippen LogP contribution in [0.5, 0.6) is 0 Å². The van der Waals surface area contributed by atoms with Gasteiger partial charge in [-0.05, 0) is 200 Å². The lowest BCUT2D eigenvalue weighted by Crippen LogP contribution is -2.33. The fourth-order valence-electron chi connectivity index (χ4n) is 13.0. The summed E-state index contributed by atoms with van der Waals surface area (Å²) in [5.74, 6) is -27.1. The predicted molar refractivity (Wildman–Crippen MR) is 393 cm³/mol. The summed E-state index contributed by atoms with van der Waals surface area (Å²) in [7, 11) is 0. The number of anilines is 15. The minimum absolute atomic E-state index is 0.00157. The van der Waals surface area contributed by atoms with Gasteiger partial charge in [0.25, 0.3) is 0 Å². The van der Waals surface area contributed by atoms with Crippen molar-refractivity contribution in [2.24, 2.45) is 20.0 Å². The molecule has 0 saturated carbocycles. The van der Waals surface area contributed by atoms with Crippen LogP contribution in [0.25, 0.3) is 43.1 Å². The number of halogens is 16. The van der Waals surface area contributed by atoms with Gasteiger partial charge in [0.15, 0.2) is 57.5 Å². The number of nitrogens with one attached hydrogen (secondary N) is 11. The van der Waals surface area contributed by atoms with E-state index in [0.717, 1.165) is 102 Å². The highest BCUT2D eigenvalue weighted by molar-refractivity contribution is 6.19. The Balaban J connectivity index is 1.17. The maximum atomic E-state index is 17.5. The number of hydrogen-bond donors (Lipinski definition) is 11. The molecule has 17 rings (SSSR count). The molecule has 0 atom stereocenters. The van der Waals surface area contributed by atoms with Crippen LogP contribution < -0.4 is 64.6 Å². The minimum Gasteiger partial charge on any atom is -0.354 e. The van der Waals surface area contributed by atoms with E-state index in [4.69, 9.17) is 15.0 Å². The number of aromatic nitrogens is 4. The Bertz CT molecular complexity index is 6780. The Labute approximate surface area is 616 Å². The summed E-state index contributed by atoms with van der Waals surface area (Å²) >= 11 is 0. The summed E-state index contributed by atoms with van der Waals surface area (Å²) in [6.07, 6.45) is 0. The monoisotopic (exact) mass is 1530 g/mol. The van der Waals surface area contributed by atoms with Gasteiger partial charge in [-0.2, -0.15) is 0 Å². The van der Waals surface area contributed by atoms with Crippen LogP contribution in [-0.4, -0.2) is 19.6 Å². The Kier molecular flexibility index (Phi) is 17.4. The third-order valence-electron chi connectivity index (χ3n) is 18.2. The molecule has 8 bridgehead atoms. The summed E-state index contributed by atoms with van der Waals surface area (Å²) in [5, 5.41) is 17.2. The lowest BCUT2D eigenvalue weighted by Gasteiger charge is -2.24. The molecule has 0 fully saturated rings. The average Bonchev–Trinajstić information content (AvgIpc) is 1.51. The molecule has 4 aromatic heterocycles. The normalized spacial score (nSPS) is 11.9. The Hall–Kier alpha value is -14.7. The Morgan fingerprint density at radius 2 is 0.482 bits per heavy atom. The maximum absolute atomic E-state index is 17.5. The summed E-state index contributed by atoms with van der Waals surface area (Å²) < 4.78 is 256. The second-order valence-corrected chi connectivity index (χ2v) is 25.3. The van der Waals surface area contributed by atoms with Crippen LogP contribution in [0.15, 0.2) is 220 Å². The molecule has 0 aliphatic carbocycles. The van der Waals surface area contributed by atoms with Crippen molar-refractivity contribution >= 4 is 152 Å². The van der Waals surface area contributed by atoms with Crippen molar-refractivity contribution in [2.75, 3.05) is 42.6 Å². The van der Waals surface area contributed by atoms with Crippen LogP contribution in [0.1, 0.15) is 0 Å². The van der Waals surface area contributed by atoms with Crippen molar-refractivity contribution in [1.82, 2.24) is 19.6 Å². The van der Waals surface area contributed by atoms with E-state index in [9.17, 15) is 4.39 Å². The topological polar surface area (TPSA) is 198 Å². The molecule has 556 valence electrons. The quantitative estimate of drug-likeness (QED) is 0.0255. The predicted octanol–water partition coefficient (Wildman–Crippen LogP) is 21.5. The van der Waals surface area contributed by atoms with E-state index in [1.54, 1.807) is 0 Å². The van der Waals surface area contributed by atoms with Gasteiger partial charge in [0.2, 0.25) is 0 Å². The Morgan fingerprint density at radius 1 is 0.223 bits per heavy atom. The molecule has 32 heteroatoms. The molecule has 11 N–H and O–H groups in total. The number of rotatable bonds is 16. The second-order valence-electron chi connectivity index (χ2n) is 25.3. The van der Waals surface area contributed by atoms with Gasteiger partial charge in [0, 0.05) is 45.2 Å². The molecule has 112 heavy (non-hydrogen) atoms. The zero-order chi connectivity index (χ0) is 77.7. The molecule has 16 aromatic rings. The first-order valence-electron chi connectivity index (χ1n) is 33.4. The first-order chi connectivity index (χ1) is 54.0. The van der Waals surface area contributed by atoms with Gasteiger partial charge >= 0.3 is 0 Å². The van der Waals surface area contributed by atoms with Crippen LogP contribution in [-0.2, 0) is 0 Å². The summed E-state index contributed by atoms with van der Waals surface area (Å²) in [6.45, 7) is 0. The molecular weight excluding hydrogens is 1490 g/mol. The summed E-state index contributed by atoms with van der Waals surface area (Å²) in [5.41, 5.74) is -0.0878. The fraction of sp³-hybridized carbons (Fsp3) is 0. The lowest BCUT2D eigenvalue weighted by molar-refractivity contribution is 0.418. The number of hydrogen-bond acceptors (Lipinski definition) is 12. The van der Waals surface area contributed by atoms with Gasteiger partial charge < -0.3 is 52.2 Å². The summed E-state index contributed by atoms with van der Waals surface area (Å²) in [4.78, 5) is 27.8. The van der Waals surface area contributed by atoms with Crippen molar-refractivity contribution in [1.29, 1.82) is 0 Å². The molecule has 1 aliphatic heterocycles. The van der Waals surface area contributed by atoms with Crippen LogP contribution >= 0.6 is 0 Å². The zero-order valence-electron chi connectivity index (χ0n) is 56.3. The number of H-pyrrole nitrogens is 3. The Morgan fingerprint density at radius 3 is 0.830 bits per heavy atom. The van der Waals surface area contributed by atoms with Crippen molar-refractivity contribution in [2.45, 2.75) is 0 Å². The molecule has 0 unspecified atom stereocenters. The van der Waals surface area contributed by atoms with Crippen LogP contribution in [0.3, 0.4) is 0 Å². The van der Waals surface area contributed by atoms with Crippen LogP contribution in [0.2, 0.25) is 0 Å². The number of fused-ring (bicyclic) bond motifs is 20. The lowest BCUT2D eigenvalue weighted by atomic mass is 10.0. The van der Waals surface area contributed by atoms with Crippen molar-refractivity contribution in [3.8, 4) is 0 Å². The molecule has 5 heterocycles. The standard InChI is InChI=1S/C80H44F16N16/c81-34-1-17-42(18-2-34)97-51-33-50-52(68(99-44-21-5-36(83)6-22-44)67(51)98-43-19-3-35(82)4-20-43)74-104-73(50)105-75-53-54(60(90)64(94)63(93)59(53)89)76(106-75)107-77-55-56(62(92)66(96)65(95)61(55)91)78(108-77)110-80-58-57(79(109-74)112(80)111-49-31-15-41(88)16-32-49)69(100-45-23-7-37(84)8-24-45)71(102-47-27-11-39(86)12-28-47)72(103-48-29-13-40(87)14-30-48)70(58)101-46-25-9-38(85)10-26-46/h1-33,97-103,111H,(H3,104,105,106,107,108,109,110). The van der Waals surface area contributed by atoms with Crippen LogP contribution in [0.4, 0.5) is 179 Å². The van der Waals surface area contributed by atoms with E-state index in [1.807, 2.05) is 0 Å². The van der Waals surface area contributed by atoms with E-state index in [0.29, 0.717) is 0 Å². The molecule has 12 aromatic carbocycles. The number of aromatic amines is 3. The molecular formula is C80H44F16N16. The first kappa shape index (κ1) is 70.3. The molecule has 0 spiro atoms. The summed E-state index contributed by atoms with van der Waals surface area (Å²) in [6, 6.07) is 39.7. The van der Waals surface area contributed by atoms with E-state index in [-0.39, 0.29) is 107 Å². The maximum Gasteiger partial charge on any atom is 0.198 e. The van der Waals surface area contributed by atoms with Gasteiger partial charge in [-0.3, -0.25) is 5.43 Å². The molecule has 0 amide bonds. The molecule has 16 nitrogen and oxygen atoms in total. The SMILES string of the molecule is Fc1ccc(Nc2cc3c4[nH]c(c3c(Nc3ccc(F)cc3)c2Nc2ccc(F)cc2)N=c2c3c(Nc5ccc(F)cc5)c(Nc5ccc(F)cc5)c(Nc5ccc(F)cc5)c(Nc5ccc(F)cc5)c3c(n2Nc2ccc(F)cc2)=Nc2[nH]c(c3c(F)c(F)c(F)c(F)c23)N=c2[nH]c(c3c(F)c(F)c(F)c(F)c23)=N4)cc1. The molecule has 0 radical (unpaired) electrons. The van der Waals surface area contributed by atoms with Gasteiger partial charge in [-0.15, -0.1) is 0 Å². The van der Waals surface area contributed by atoms with Gasteiger partial charge in [-0.25, -0.2) is 94.9 Å². The van der Waals surface area contributed by atoms with Crippen molar-refractivity contribution in [3.63, 3.8) is 0 Å². The van der Waals surface area contributed by atoms with Gasteiger partial charge in [-0.1, -0.05) is 0 Å². The van der Waals surface area contributed by atoms with Crippen molar-refractivity contribution < 1.29 is 70.2 Å². The highest BCUT2D eigenvalue weighted by Gasteiger charge is 2.34. The van der Waals surface area contributed by atoms with Crippen molar-refractivity contribution in [3.05, 3.63) is 315 Å². The number of nitrogens with zero attached hydrogens (tertiary/aromatic N) is 5. The minimum atomic E-state index is -2.45. The average molecular weight is 1530 g/mol. The third kappa shape index (κ3) is 12.8. The first-order valence-corrected chi connectivity index (χ1v) is 33.4. The van der Waals surface area contributed by atoms with Gasteiger partial charge in [0.1, 0.15) is 80.8 Å². The number of benzene rings is 12. The molecule has 1 aliphatic rings. The highest BCUT2D eigenvalue weighted by atomic mass is 19.2. The van der Waals surface area contributed by atoms with E-state index >= 15 is 65.9 Å². The van der Waals surface area contributed by atoms with E-state index < -0.39 is 160 Å². The molecule has 0 saturated heterocycles. The zero-order valence-corrected chi connectivity index (χ0v) is 56.3. The second kappa shape index (κ2) is 27.8. The smallest absolute Gasteiger partial charge is 0.198 e. The van der Waals surface area contributed by atoms with E-state index in [2.05, 4.69) is 62.6 Å². The van der Waals surface area contributed by atoms with E-state index in [1.165, 1.54) is 103 Å². The van der Waals surface area contributed by atoms with Gasteiger partial charge in [0.05, 0.1) is 83.2 Å².